The zero-order chi connectivity index (χ0) is 38.2. The van der Waals surface area contributed by atoms with Crippen LogP contribution in [-0.4, -0.2) is 135 Å². The van der Waals surface area contributed by atoms with Crippen molar-refractivity contribution >= 4 is 40.1 Å². The summed E-state index contributed by atoms with van der Waals surface area (Å²) in [6, 6.07) is 16.3. The Hall–Kier alpha value is -4.98. The molecule has 0 spiro atoms. The second-order valence-corrected chi connectivity index (χ2v) is 14.5. The van der Waals surface area contributed by atoms with Gasteiger partial charge in [-0.25, -0.2) is 4.98 Å². The molecule has 0 saturated carbocycles. The molecule has 288 valence electrons. The van der Waals surface area contributed by atoms with Crippen LogP contribution in [0.15, 0.2) is 54.6 Å². The maximum absolute atomic E-state index is 13.8. The number of aryl methyl sites for hydroxylation is 1. The molecule has 2 fully saturated rings. The fourth-order valence-corrected chi connectivity index (χ4v) is 6.94. The normalized spacial score (nSPS) is 15.7. The van der Waals surface area contributed by atoms with E-state index in [2.05, 4.69) is 39.1 Å². The predicted octanol–water partition coefficient (Wildman–Crippen LogP) is 4.87. The van der Waals surface area contributed by atoms with Crippen molar-refractivity contribution in [1.29, 1.82) is 0 Å². The number of nitrogens with zero attached hydrogens (tertiary/aromatic N) is 6. The number of para-hydroxylation sites is 1. The summed E-state index contributed by atoms with van der Waals surface area (Å²) in [6.07, 6.45) is 3.06. The summed E-state index contributed by atoms with van der Waals surface area (Å²) in [5, 5.41) is 2.97. The monoisotopic (exact) mass is 738 g/mol. The number of nitrogens with one attached hydrogen (secondary N) is 2. The van der Waals surface area contributed by atoms with Crippen LogP contribution in [0.2, 0.25) is 0 Å². The van der Waals surface area contributed by atoms with Gasteiger partial charge in [-0.15, -0.1) is 0 Å². The predicted molar refractivity (Wildman–Crippen MR) is 212 cm³/mol. The molecule has 0 radical (unpaired) electrons. The van der Waals surface area contributed by atoms with E-state index in [9.17, 15) is 14.4 Å². The summed E-state index contributed by atoms with van der Waals surface area (Å²) in [6.45, 7) is 10.6. The Morgan fingerprint density at radius 2 is 1.61 bits per heavy atom. The number of piperazine rings is 2. The molecule has 3 aromatic carbocycles. The van der Waals surface area contributed by atoms with Gasteiger partial charge in [-0.1, -0.05) is 12.1 Å². The van der Waals surface area contributed by atoms with E-state index in [0.717, 1.165) is 88.5 Å². The van der Waals surface area contributed by atoms with Crippen LogP contribution < -0.4 is 19.7 Å². The van der Waals surface area contributed by atoms with Gasteiger partial charge in [-0.2, -0.15) is 0 Å². The van der Waals surface area contributed by atoms with Gasteiger partial charge in [-0.05, 0) is 88.3 Å². The highest BCUT2D eigenvalue weighted by atomic mass is 16.5. The number of anilines is 2. The van der Waals surface area contributed by atoms with Crippen molar-refractivity contribution in [3.8, 4) is 11.5 Å². The van der Waals surface area contributed by atoms with Gasteiger partial charge in [0.05, 0.1) is 42.7 Å². The van der Waals surface area contributed by atoms with Gasteiger partial charge in [0.25, 0.3) is 11.8 Å². The van der Waals surface area contributed by atoms with E-state index in [-0.39, 0.29) is 17.7 Å². The van der Waals surface area contributed by atoms with E-state index in [4.69, 9.17) is 14.5 Å². The van der Waals surface area contributed by atoms with Gasteiger partial charge in [0.15, 0.2) is 0 Å². The Labute approximate surface area is 318 Å². The van der Waals surface area contributed by atoms with Gasteiger partial charge < -0.3 is 39.4 Å². The lowest BCUT2D eigenvalue weighted by molar-refractivity contribution is -0.132. The summed E-state index contributed by atoms with van der Waals surface area (Å²) < 4.78 is 11.9. The van der Waals surface area contributed by atoms with E-state index in [1.54, 1.807) is 36.2 Å². The highest BCUT2D eigenvalue weighted by molar-refractivity contribution is 6.12. The molecule has 2 saturated heterocycles. The van der Waals surface area contributed by atoms with E-state index in [0.29, 0.717) is 59.1 Å². The molecule has 3 heterocycles. The molecule has 13 heteroatoms. The van der Waals surface area contributed by atoms with Crippen molar-refractivity contribution in [3.63, 3.8) is 0 Å². The number of aromatic nitrogens is 2. The molecule has 0 aliphatic carbocycles. The Bertz CT molecular complexity index is 1930. The fourth-order valence-electron chi connectivity index (χ4n) is 6.94. The van der Waals surface area contributed by atoms with Crippen molar-refractivity contribution in [2.75, 3.05) is 97.4 Å². The Morgan fingerprint density at radius 1 is 0.870 bits per heavy atom. The molecule has 0 bridgehead atoms. The number of benzene rings is 3. The van der Waals surface area contributed by atoms with E-state index in [1.165, 1.54) is 7.11 Å². The SMILES string of the molecule is COc1cc(C(=O)N(C)c2ccc(C)cc2OCCCCCC(=O)N2CCN(C)CC2)ccc1NC(=O)c1cccc2[nH]c(CN3CCN(C)CC3)nc12. The highest BCUT2D eigenvalue weighted by Crippen LogP contribution is 2.32. The summed E-state index contributed by atoms with van der Waals surface area (Å²) in [4.78, 5) is 58.6. The minimum atomic E-state index is -0.323. The zero-order valence-corrected chi connectivity index (χ0v) is 32.3. The largest absolute Gasteiger partial charge is 0.495 e. The van der Waals surface area contributed by atoms with Crippen LogP contribution in [0.1, 0.15) is 57.8 Å². The number of H-pyrrole nitrogens is 1. The maximum Gasteiger partial charge on any atom is 0.258 e. The minimum Gasteiger partial charge on any atom is -0.495 e. The third-order valence-corrected chi connectivity index (χ3v) is 10.4. The number of aromatic amines is 1. The standard InChI is InChI=1S/C41H54N8O5/c1-29-13-16-34(36(26-29)54-25-8-6-7-12-38(50)49-23-19-46(3)20-24-49)47(4)41(52)30-14-15-32(35(27-30)53-5)43-40(51)31-10-9-11-33-39(31)44-37(42-33)28-48-21-17-45(2)18-22-48/h9-11,13-16,26-27H,6-8,12,17-25,28H2,1-5H3,(H,42,44)(H,43,51). The number of methoxy groups -OCH3 is 1. The fraction of sp³-hybridized carbons (Fsp3) is 0.463. The minimum absolute atomic E-state index is 0.231. The molecule has 6 rings (SSSR count). The smallest absolute Gasteiger partial charge is 0.258 e. The lowest BCUT2D eigenvalue weighted by Gasteiger charge is -2.32. The first-order valence-electron chi connectivity index (χ1n) is 19.0. The number of hydrogen-bond donors (Lipinski definition) is 2. The lowest BCUT2D eigenvalue weighted by Crippen LogP contribution is -2.47. The Morgan fingerprint density at radius 3 is 2.35 bits per heavy atom. The number of amides is 3. The van der Waals surface area contributed by atoms with Crippen molar-refractivity contribution < 1.29 is 23.9 Å². The molecule has 13 nitrogen and oxygen atoms in total. The van der Waals surface area contributed by atoms with Gasteiger partial charge in [-0.3, -0.25) is 19.3 Å². The van der Waals surface area contributed by atoms with Gasteiger partial charge in [0, 0.05) is 71.4 Å². The number of carbonyl (C=O) groups excluding carboxylic acids is 3. The summed E-state index contributed by atoms with van der Waals surface area (Å²) in [5.41, 5.74) is 4.36. The molecular weight excluding hydrogens is 685 g/mol. The average Bonchev–Trinajstić information content (AvgIpc) is 3.59. The van der Waals surface area contributed by atoms with Gasteiger partial charge >= 0.3 is 0 Å². The Balaban J connectivity index is 1.06. The number of ether oxygens (including phenoxy) is 2. The molecule has 0 unspecified atom stereocenters. The van der Waals surface area contributed by atoms with Crippen molar-refractivity contribution in [2.24, 2.45) is 0 Å². The van der Waals surface area contributed by atoms with Crippen LogP contribution in [-0.2, 0) is 11.3 Å². The Kier molecular flexibility index (Phi) is 12.8. The van der Waals surface area contributed by atoms with E-state index >= 15 is 0 Å². The zero-order valence-electron chi connectivity index (χ0n) is 32.3. The molecule has 3 amide bonds. The van der Waals surface area contributed by atoms with E-state index in [1.807, 2.05) is 42.2 Å². The van der Waals surface area contributed by atoms with Crippen molar-refractivity contribution in [1.82, 2.24) is 29.6 Å². The number of hydrogen-bond acceptors (Lipinski definition) is 9. The first-order chi connectivity index (χ1) is 26.1. The second kappa shape index (κ2) is 17.9. The average molecular weight is 739 g/mol. The number of unbranched alkanes of at least 4 members (excludes halogenated alkanes) is 2. The molecule has 4 aromatic rings. The first-order valence-corrected chi connectivity index (χ1v) is 19.0. The molecule has 0 atom stereocenters. The number of fused-ring (bicyclic) bond motifs is 1. The van der Waals surface area contributed by atoms with Crippen molar-refractivity contribution in [3.05, 3.63) is 77.1 Å². The second-order valence-electron chi connectivity index (χ2n) is 14.5. The van der Waals surface area contributed by atoms with Crippen molar-refractivity contribution in [2.45, 2.75) is 39.2 Å². The molecular formula is C41H54N8O5. The molecule has 54 heavy (non-hydrogen) atoms. The molecule has 2 aliphatic rings. The van der Waals surface area contributed by atoms with E-state index < -0.39 is 0 Å². The summed E-state index contributed by atoms with van der Waals surface area (Å²) in [7, 11) is 7.44. The third kappa shape index (κ3) is 9.57. The third-order valence-electron chi connectivity index (χ3n) is 10.4. The number of carbonyl (C=O) groups is 3. The topological polar surface area (TPSA) is 127 Å². The molecule has 1 aromatic heterocycles. The number of rotatable bonds is 14. The quantitative estimate of drug-likeness (QED) is 0.174. The summed E-state index contributed by atoms with van der Waals surface area (Å²) in [5.74, 6) is 1.46. The van der Waals surface area contributed by atoms with Crippen LogP contribution in [0.5, 0.6) is 11.5 Å². The van der Waals surface area contributed by atoms with Gasteiger partial charge in [0.2, 0.25) is 5.91 Å². The van der Waals surface area contributed by atoms with Crippen LogP contribution in [0.4, 0.5) is 11.4 Å². The lowest BCUT2D eigenvalue weighted by atomic mass is 10.1. The van der Waals surface area contributed by atoms with Gasteiger partial charge in [0.1, 0.15) is 22.8 Å². The van der Waals surface area contributed by atoms with Crippen LogP contribution in [0, 0.1) is 6.92 Å². The number of likely N-dealkylation sites (N-methyl/N-ethyl adjacent to an activating group) is 2. The maximum atomic E-state index is 13.8. The van der Waals surface area contributed by atoms with Crippen LogP contribution >= 0.6 is 0 Å². The van der Waals surface area contributed by atoms with Crippen LogP contribution in [0.25, 0.3) is 11.0 Å². The molecule has 2 N–H and O–H groups in total. The summed E-state index contributed by atoms with van der Waals surface area (Å²) >= 11 is 0. The number of imidazole rings is 1. The molecule has 2 aliphatic heterocycles. The first kappa shape index (κ1) is 38.7. The highest BCUT2D eigenvalue weighted by Gasteiger charge is 2.23. The van der Waals surface area contributed by atoms with Crippen LogP contribution in [0.3, 0.4) is 0 Å².